The largest absolute Gasteiger partial charge is 0.465 e. The molecule has 0 spiro atoms. The van der Waals surface area contributed by atoms with Crippen LogP contribution in [0.5, 0.6) is 0 Å². The van der Waals surface area contributed by atoms with Crippen molar-refractivity contribution >= 4 is 17.9 Å². The Labute approximate surface area is 119 Å². The maximum atomic E-state index is 11.5. The predicted molar refractivity (Wildman–Crippen MR) is 78.1 cm³/mol. The molecule has 1 aliphatic rings. The van der Waals surface area contributed by atoms with Gasteiger partial charge in [-0.05, 0) is 19.1 Å². The van der Waals surface area contributed by atoms with Gasteiger partial charge in [-0.15, -0.1) is 0 Å². The highest BCUT2D eigenvalue weighted by Gasteiger charge is 2.33. The topological polar surface area (TPSA) is 71.8 Å². The molecule has 2 atom stereocenters. The van der Waals surface area contributed by atoms with Crippen molar-refractivity contribution < 1.29 is 14.6 Å². The van der Waals surface area contributed by atoms with Gasteiger partial charge in [0, 0.05) is 12.4 Å². The van der Waals surface area contributed by atoms with E-state index in [1.807, 2.05) is 0 Å². The SMILES string of the molecule is CCCC.CCOC(=O)C1C=Nc2cccnc2C1O. The summed E-state index contributed by atoms with van der Waals surface area (Å²) < 4.78 is 4.85. The average Bonchev–Trinajstić information content (AvgIpc) is 2.48. The third-order valence-electron chi connectivity index (χ3n) is 2.87. The number of carbonyl (C=O) groups excluding carboxylic acids is 1. The molecule has 2 unspecified atom stereocenters. The van der Waals surface area contributed by atoms with E-state index in [2.05, 4.69) is 23.8 Å². The number of aliphatic hydroxyl groups excluding tert-OH is 1. The highest BCUT2D eigenvalue weighted by Crippen LogP contribution is 2.32. The van der Waals surface area contributed by atoms with Gasteiger partial charge in [-0.25, -0.2) is 0 Å². The summed E-state index contributed by atoms with van der Waals surface area (Å²) in [7, 11) is 0. The molecule has 1 aromatic rings. The van der Waals surface area contributed by atoms with Gasteiger partial charge in [0.05, 0.1) is 18.0 Å². The van der Waals surface area contributed by atoms with Crippen LogP contribution in [-0.4, -0.2) is 28.9 Å². The van der Waals surface area contributed by atoms with E-state index >= 15 is 0 Å². The van der Waals surface area contributed by atoms with Crippen LogP contribution in [0.2, 0.25) is 0 Å². The number of aliphatic imine (C=N–C) groups is 1. The number of pyridine rings is 1. The number of hydrogen-bond acceptors (Lipinski definition) is 5. The molecule has 2 heterocycles. The summed E-state index contributed by atoms with van der Waals surface area (Å²) in [6, 6.07) is 3.47. The van der Waals surface area contributed by atoms with E-state index < -0.39 is 18.0 Å². The number of fused-ring (bicyclic) bond motifs is 1. The van der Waals surface area contributed by atoms with Crippen molar-refractivity contribution in [3.63, 3.8) is 0 Å². The quantitative estimate of drug-likeness (QED) is 0.863. The lowest BCUT2D eigenvalue weighted by atomic mass is 9.97. The summed E-state index contributed by atoms with van der Waals surface area (Å²) in [5.41, 5.74) is 1.01. The summed E-state index contributed by atoms with van der Waals surface area (Å²) >= 11 is 0. The normalized spacial score (nSPS) is 19.6. The van der Waals surface area contributed by atoms with E-state index in [0.717, 1.165) is 0 Å². The van der Waals surface area contributed by atoms with E-state index in [-0.39, 0.29) is 6.61 Å². The van der Waals surface area contributed by atoms with Crippen LogP contribution in [-0.2, 0) is 9.53 Å². The van der Waals surface area contributed by atoms with Gasteiger partial charge < -0.3 is 9.84 Å². The molecule has 0 aliphatic carbocycles. The van der Waals surface area contributed by atoms with Gasteiger partial charge in [0.1, 0.15) is 12.0 Å². The second-order valence-corrected chi connectivity index (χ2v) is 4.41. The summed E-state index contributed by atoms with van der Waals surface area (Å²) in [5.74, 6) is -1.24. The minimum absolute atomic E-state index is 0.283. The molecule has 0 aromatic carbocycles. The van der Waals surface area contributed by atoms with Crippen molar-refractivity contribution in [1.82, 2.24) is 4.98 Å². The van der Waals surface area contributed by atoms with Crippen LogP contribution in [0.25, 0.3) is 0 Å². The zero-order chi connectivity index (χ0) is 15.0. The Kier molecular flexibility index (Phi) is 6.87. The molecule has 1 N–H and O–H groups in total. The van der Waals surface area contributed by atoms with Crippen molar-refractivity contribution in [2.45, 2.75) is 39.7 Å². The molecule has 5 nitrogen and oxygen atoms in total. The number of hydrogen-bond donors (Lipinski definition) is 1. The molecule has 0 amide bonds. The molecule has 20 heavy (non-hydrogen) atoms. The van der Waals surface area contributed by atoms with E-state index in [4.69, 9.17) is 4.74 Å². The van der Waals surface area contributed by atoms with Gasteiger partial charge in [0.25, 0.3) is 0 Å². The van der Waals surface area contributed by atoms with Gasteiger partial charge in [-0.1, -0.05) is 26.7 Å². The molecular formula is C15H22N2O3. The Morgan fingerprint density at radius 2 is 2.05 bits per heavy atom. The second kappa shape index (κ2) is 8.43. The standard InChI is InChI=1S/C11H12N2O3.C4H10/c1-2-16-11(15)7-6-13-8-4-3-5-12-9(8)10(7)14;1-3-4-2/h3-7,10,14H,2H2,1H3;3-4H2,1-2H3. The fraction of sp³-hybridized carbons (Fsp3) is 0.533. The molecule has 0 radical (unpaired) electrons. The van der Waals surface area contributed by atoms with Crippen LogP contribution in [0.3, 0.4) is 0 Å². The summed E-state index contributed by atoms with van der Waals surface area (Å²) in [6.07, 6.45) is 4.63. The van der Waals surface area contributed by atoms with Gasteiger partial charge in [0.2, 0.25) is 0 Å². The zero-order valence-corrected chi connectivity index (χ0v) is 12.2. The lowest BCUT2D eigenvalue weighted by molar-refractivity contribution is -0.148. The molecule has 5 heteroatoms. The van der Waals surface area contributed by atoms with Crippen molar-refractivity contribution in [2.24, 2.45) is 10.9 Å². The lowest BCUT2D eigenvalue weighted by Gasteiger charge is -2.21. The zero-order valence-electron chi connectivity index (χ0n) is 12.2. The highest BCUT2D eigenvalue weighted by molar-refractivity contribution is 5.93. The number of rotatable bonds is 3. The maximum Gasteiger partial charge on any atom is 0.317 e. The fourth-order valence-corrected chi connectivity index (χ4v) is 1.59. The Balaban J connectivity index is 0.000000444. The Bertz CT molecular complexity index is 458. The van der Waals surface area contributed by atoms with E-state index in [1.54, 1.807) is 25.3 Å². The maximum absolute atomic E-state index is 11.5. The van der Waals surface area contributed by atoms with E-state index in [0.29, 0.717) is 11.4 Å². The van der Waals surface area contributed by atoms with Gasteiger partial charge in [0.15, 0.2) is 0 Å². The molecule has 0 fully saturated rings. The third-order valence-corrected chi connectivity index (χ3v) is 2.87. The van der Waals surface area contributed by atoms with E-state index in [1.165, 1.54) is 19.1 Å². The number of unbranched alkanes of at least 4 members (excludes halogenated alkanes) is 1. The molecular weight excluding hydrogens is 256 g/mol. The molecule has 2 rings (SSSR count). The van der Waals surface area contributed by atoms with Crippen LogP contribution in [0, 0.1) is 5.92 Å². The van der Waals surface area contributed by atoms with Crippen LogP contribution in [0.1, 0.15) is 45.4 Å². The average molecular weight is 278 g/mol. The Hall–Kier alpha value is -1.75. The summed E-state index contributed by atoms with van der Waals surface area (Å²) in [5, 5.41) is 9.96. The molecule has 1 aromatic heterocycles. The second-order valence-electron chi connectivity index (χ2n) is 4.41. The first-order valence-corrected chi connectivity index (χ1v) is 6.99. The summed E-state index contributed by atoms with van der Waals surface area (Å²) in [4.78, 5) is 19.6. The van der Waals surface area contributed by atoms with Crippen LogP contribution in [0.15, 0.2) is 23.3 Å². The number of aliphatic hydroxyl groups is 1. The first-order chi connectivity index (χ1) is 9.65. The van der Waals surface area contributed by atoms with Gasteiger partial charge >= 0.3 is 5.97 Å². The number of esters is 1. The number of aromatic nitrogens is 1. The fourth-order valence-electron chi connectivity index (χ4n) is 1.59. The van der Waals surface area contributed by atoms with Crippen molar-refractivity contribution in [3.8, 4) is 0 Å². The molecule has 1 aliphatic heterocycles. The third kappa shape index (κ3) is 4.13. The predicted octanol–water partition coefficient (Wildman–Crippen LogP) is 2.82. The number of nitrogens with zero attached hydrogens (tertiary/aromatic N) is 2. The minimum Gasteiger partial charge on any atom is -0.465 e. The van der Waals surface area contributed by atoms with Crippen LogP contribution >= 0.6 is 0 Å². The first-order valence-electron chi connectivity index (χ1n) is 6.99. The smallest absolute Gasteiger partial charge is 0.317 e. The van der Waals surface area contributed by atoms with Gasteiger partial charge in [-0.2, -0.15) is 0 Å². The van der Waals surface area contributed by atoms with Crippen LogP contribution < -0.4 is 0 Å². The number of carbonyl (C=O) groups is 1. The minimum atomic E-state index is -0.979. The van der Waals surface area contributed by atoms with Gasteiger partial charge in [-0.3, -0.25) is 14.8 Å². The molecule has 0 bridgehead atoms. The highest BCUT2D eigenvalue weighted by atomic mass is 16.5. The monoisotopic (exact) mass is 278 g/mol. The lowest BCUT2D eigenvalue weighted by Crippen LogP contribution is -2.28. The van der Waals surface area contributed by atoms with E-state index in [9.17, 15) is 9.90 Å². The first kappa shape index (κ1) is 16.3. The van der Waals surface area contributed by atoms with Crippen molar-refractivity contribution in [2.75, 3.05) is 6.61 Å². The molecule has 0 saturated carbocycles. The molecule has 0 saturated heterocycles. The van der Waals surface area contributed by atoms with Crippen molar-refractivity contribution in [1.29, 1.82) is 0 Å². The summed E-state index contributed by atoms with van der Waals surface area (Å²) in [6.45, 7) is 6.36. The molecule has 110 valence electrons. The van der Waals surface area contributed by atoms with Crippen molar-refractivity contribution in [3.05, 3.63) is 24.0 Å². The number of ether oxygens (including phenoxy) is 1. The Morgan fingerprint density at radius 1 is 1.35 bits per heavy atom. The Morgan fingerprint density at radius 3 is 2.65 bits per heavy atom. The van der Waals surface area contributed by atoms with Crippen LogP contribution in [0.4, 0.5) is 5.69 Å².